The van der Waals surface area contributed by atoms with Crippen LogP contribution in [0.5, 0.6) is 0 Å². The molecule has 0 saturated heterocycles. The van der Waals surface area contributed by atoms with Gasteiger partial charge in [-0.05, 0) is 32.0 Å². The van der Waals surface area contributed by atoms with Gasteiger partial charge < -0.3 is 15.6 Å². The summed E-state index contributed by atoms with van der Waals surface area (Å²) in [6.07, 6.45) is 0. The van der Waals surface area contributed by atoms with Crippen molar-refractivity contribution in [2.75, 3.05) is 26.4 Å². The van der Waals surface area contributed by atoms with Crippen LogP contribution in [0.3, 0.4) is 0 Å². The summed E-state index contributed by atoms with van der Waals surface area (Å²) in [5.41, 5.74) is 4.50. The molecule has 0 fully saturated rings. The molecule has 8 heteroatoms. The highest BCUT2D eigenvalue weighted by atomic mass is 32.2. The number of nitrogens with zero attached hydrogens (tertiary/aromatic N) is 1. The quantitative estimate of drug-likeness (QED) is 0.603. The van der Waals surface area contributed by atoms with E-state index in [0.29, 0.717) is 0 Å². The van der Waals surface area contributed by atoms with E-state index in [1.165, 1.54) is 39.1 Å². The van der Waals surface area contributed by atoms with E-state index in [2.05, 4.69) is 4.74 Å². The lowest BCUT2D eigenvalue weighted by Gasteiger charge is -2.25. The number of carbonyl (C=O) groups excluding carboxylic acids is 1. The fourth-order valence-corrected chi connectivity index (χ4v) is 3.36. The second kappa shape index (κ2) is 6.00. The van der Waals surface area contributed by atoms with Crippen molar-refractivity contribution in [2.45, 2.75) is 24.3 Å². The summed E-state index contributed by atoms with van der Waals surface area (Å²) < 4.78 is 30.7. The Balaban J connectivity index is 3.37. The van der Waals surface area contributed by atoms with E-state index in [-0.39, 0.29) is 22.7 Å². The smallest absolute Gasteiger partial charge is 0.339 e. The highest BCUT2D eigenvalue weighted by molar-refractivity contribution is 7.89. The normalized spacial score (nSPS) is 12.5. The molecule has 0 radical (unpaired) electrons. The van der Waals surface area contributed by atoms with Gasteiger partial charge in [0.05, 0.1) is 23.2 Å². The fraction of sp³-hybridized carbons (Fsp3) is 0.462. The third-order valence-corrected chi connectivity index (χ3v) is 4.55. The van der Waals surface area contributed by atoms with Gasteiger partial charge >= 0.3 is 5.97 Å². The predicted octanol–water partition coefficient (Wildman–Crippen LogP) is 0.447. The molecule has 0 heterocycles. The number of ether oxygens (including phenoxy) is 1. The van der Waals surface area contributed by atoms with E-state index < -0.39 is 21.6 Å². The minimum absolute atomic E-state index is 0.103. The van der Waals surface area contributed by atoms with Gasteiger partial charge in [-0.1, -0.05) is 0 Å². The van der Waals surface area contributed by atoms with E-state index in [1.807, 2.05) is 0 Å². The summed E-state index contributed by atoms with van der Waals surface area (Å²) in [5.74, 6) is -0.773. The zero-order chi connectivity index (χ0) is 16.4. The van der Waals surface area contributed by atoms with Crippen LogP contribution in [0.1, 0.15) is 24.2 Å². The molecular formula is C13H20N2O5S. The van der Waals surface area contributed by atoms with Gasteiger partial charge in [-0.2, -0.15) is 4.31 Å². The number of carbonyl (C=O) groups is 1. The number of benzene rings is 1. The minimum atomic E-state index is -3.99. The van der Waals surface area contributed by atoms with Crippen LogP contribution >= 0.6 is 0 Å². The van der Waals surface area contributed by atoms with Crippen LogP contribution in [0.4, 0.5) is 5.69 Å². The second-order valence-electron chi connectivity index (χ2n) is 5.32. The molecule has 1 rings (SSSR count). The first kappa shape index (κ1) is 17.4. The zero-order valence-electron chi connectivity index (χ0n) is 12.5. The van der Waals surface area contributed by atoms with Crippen LogP contribution in [0, 0.1) is 0 Å². The molecule has 1 aromatic carbocycles. The monoisotopic (exact) mass is 316 g/mol. The summed E-state index contributed by atoms with van der Waals surface area (Å²) in [5, 5.41) is 9.76. The first-order valence-corrected chi connectivity index (χ1v) is 7.59. The standard InChI is InChI=1S/C13H20N2O5S/c1-13(2,17)8-15(3)21(18,19)11-7-9(14)5-6-10(11)12(16)20-4/h5-7,17H,8,14H2,1-4H3. The van der Waals surface area contributed by atoms with Crippen molar-refractivity contribution in [3.8, 4) is 0 Å². The SMILES string of the molecule is COC(=O)c1ccc(N)cc1S(=O)(=O)N(C)CC(C)(C)O. The van der Waals surface area contributed by atoms with E-state index >= 15 is 0 Å². The zero-order valence-corrected chi connectivity index (χ0v) is 13.3. The molecular weight excluding hydrogens is 296 g/mol. The summed E-state index contributed by atoms with van der Waals surface area (Å²) in [4.78, 5) is 11.5. The van der Waals surface area contributed by atoms with Crippen LogP contribution in [0.15, 0.2) is 23.1 Å². The van der Waals surface area contributed by atoms with Gasteiger partial charge in [-0.25, -0.2) is 13.2 Å². The van der Waals surface area contributed by atoms with Gasteiger partial charge in [0.1, 0.15) is 0 Å². The largest absolute Gasteiger partial charge is 0.465 e. The first-order valence-electron chi connectivity index (χ1n) is 6.15. The van der Waals surface area contributed by atoms with Crippen molar-refractivity contribution in [3.05, 3.63) is 23.8 Å². The van der Waals surface area contributed by atoms with Gasteiger partial charge in [-0.3, -0.25) is 0 Å². The number of anilines is 1. The van der Waals surface area contributed by atoms with Crippen LogP contribution in [0.2, 0.25) is 0 Å². The third-order valence-electron chi connectivity index (χ3n) is 2.71. The molecule has 1 aromatic rings. The number of hydrogen-bond donors (Lipinski definition) is 2. The summed E-state index contributed by atoms with van der Waals surface area (Å²) in [6.45, 7) is 2.84. The Morgan fingerprint density at radius 3 is 2.48 bits per heavy atom. The molecule has 118 valence electrons. The van der Waals surface area contributed by atoms with E-state index in [0.717, 1.165) is 11.4 Å². The highest BCUT2D eigenvalue weighted by Crippen LogP contribution is 2.24. The lowest BCUT2D eigenvalue weighted by molar-refractivity contribution is 0.0596. The molecule has 0 aliphatic carbocycles. The molecule has 0 aliphatic heterocycles. The maximum Gasteiger partial charge on any atom is 0.339 e. The van der Waals surface area contributed by atoms with Gasteiger partial charge in [0.25, 0.3) is 0 Å². The van der Waals surface area contributed by atoms with Crippen LogP contribution < -0.4 is 5.73 Å². The molecule has 3 N–H and O–H groups in total. The molecule has 0 unspecified atom stereocenters. The molecule has 0 spiro atoms. The Kier molecular flexibility index (Phi) is 4.98. The maximum atomic E-state index is 12.6. The number of nitrogen functional groups attached to an aromatic ring is 1. The Labute approximate surface area is 124 Å². The van der Waals surface area contributed by atoms with Crippen molar-refractivity contribution < 1.29 is 23.1 Å². The predicted molar refractivity (Wildman–Crippen MR) is 78.3 cm³/mol. The van der Waals surface area contributed by atoms with Crippen molar-refractivity contribution in [2.24, 2.45) is 0 Å². The molecule has 0 aromatic heterocycles. The maximum absolute atomic E-state index is 12.6. The molecule has 21 heavy (non-hydrogen) atoms. The van der Waals surface area contributed by atoms with Gasteiger partial charge in [0, 0.05) is 19.3 Å². The number of hydrogen-bond acceptors (Lipinski definition) is 6. The van der Waals surface area contributed by atoms with Gasteiger partial charge in [0.2, 0.25) is 10.0 Å². The fourth-order valence-electron chi connectivity index (χ4n) is 1.83. The number of aliphatic hydroxyl groups is 1. The molecule has 0 saturated carbocycles. The molecule has 7 nitrogen and oxygen atoms in total. The Hall–Kier alpha value is -1.64. The average molecular weight is 316 g/mol. The number of sulfonamides is 1. The van der Waals surface area contributed by atoms with Gasteiger partial charge in [-0.15, -0.1) is 0 Å². The van der Waals surface area contributed by atoms with Crippen LogP contribution in [0.25, 0.3) is 0 Å². The summed E-state index contributed by atoms with van der Waals surface area (Å²) in [7, 11) is -1.51. The number of likely N-dealkylation sites (N-methyl/N-ethyl adjacent to an activating group) is 1. The van der Waals surface area contributed by atoms with Crippen molar-refractivity contribution in [1.82, 2.24) is 4.31 Å². The third kappa shape index (κ3) is 4.16. The van der Waals surface area contributed by atoms with E-state index in [9.17, 15) is 18.3 Å². The first-order chi connectivity index (χ1) is 9.49. The minimum Gasteiger partial charge on any atom is -0.465 e. The topological polar surface area (TPSA) is 110 Å². The molecule has 0 aliphatic rings. The van der Waals surface area contributed by atoms with Crippen molar-refractivity contribution in [3.63, 3.8) is 0 Å². The number of nitrogens with two attached hydrogens (primary N) is 1. The molecule has 0 amide bonds. The Morgan fingerprint density at radius 1 is 1.43 bits per heavy atom. The van der Waals surface area contributed by atoms with E-state index in [4.69, 9.17) is 5.73 Å². The van der Waals surface area contributed by atoms with E-state index in [1.54, 1.807) is 0 Å². The highest BCUT2D eigenvalue weighted by Gasteiger charge is 2.30. The Bertz CT molecular complexity index is 634. The lowest BCUT2D eigenvalue weighted by Crippen LogP contribution is -2.40. The number of esters is 1. The number of rotatable bonds is 5. The molecule has 0 bridgehead atoms. The van der Waals surface area contributed by atoms with Crippen molar-refractivity contribution in [1.29, 1.82) is 0 Å². The van der Waals surface area contributed by atoms with Crippen LogP contribution in [-0.2, 0) is 14.8 Å². The van der Waals surface area contributed by atoms with Gasteiger partial charge in [0.15, 0.2) is 0 Å². The second-order valence-corrected chi connectivity index (χ2v) is 7.33. The Morgan fingerprint density at radius 2 is 2.00 bits per heavy atom. The van der Waals surface area contributed by atoms with Crippen LogP contribution in [-0.4, -0.2) is 50.1 Å². The summed E-state index contributed by atoms with van der Waals surface area (Å²) >= 11 is 0. The average Bonchev–Trinajstić information content (AvgIpc) is 2.35. The number of methoxy groups -OCH3 is 1. The molecule has 0 atom stereocenters. The lowest BCUT2D eigenvalue weighted by atomic mass is 10.1. The van der Waals surface area contributed by atoms with Crippen molar-refractivity contribution >= 4 is 21.7 Å². The summed E-state index contributed by atoms with van der Waals surface area (Å²) in [6, 6.07) is 3.91.